The summed E-state index contributed by atoms with van der Waals surface area (Å²) in [7, 11) is 0. The zero-order valence-corrected chi connectivity index (χ0v) is 11.7. The van der Waals surface area contributed by atoms with Crippen LogP contribution in [0.25, 0.3) is 0 Å². The molecule has 0 atom stereocenters. The molecule has 0 aliphatic rings. The molecule has 0 amide bonds. The lowest BCUT2D eigenvalue weighted by molar-refractivity contribution is 0.0944. The van der Waals surface area contributed by atoms with Gasteiger partial charge in [0.2, 0.25) is 0 Å². The van der Waals surface area contributed by atoms with E-state index in [4.69, 9.17) is 0 Å². The summed E-state index contributed by atoms with van der Waals surface area (Å²) in [6.45, 7) is 8.04. The average molecular weight is 288 g/mol. The van der Waals surface area contributed by atoms with Crippen molar-refractivity contribution in [2.45, 2.75) is 39.2 Å². The molecule has 0 spiro atoms. The summed E-state index contributed by atoms with van der Waals surface area (Å²) in [5.74, 6) is 1.79. The van der Waals surface area contributed by atoms with Gasteiger partial charge in [0, 0.05) is 18.5 Å². The molecule has 5 heteroatoms. The second kappa shape index (κ2) is 5.10. The van der Waals surface area contributed by atoms with E-state index in [2.05, 4.69) is 31.2 Å². The van der Waals surface area contributed by atoms with E-state index in [1.807, 2.05) is 13.8 Å². The molecular formula is C11H18BrN3O. The van der Waals surface area contributed by atoms with Crippen molar-refractivity contribution in [3.05, 3.63) is 16.5 Å². The molecule has 1 heterocycles. The lowest BCUT2D eigenvalue weighted by Crippen LogP contribution is -2.29. The van der Waals surface area contributed by atoms with Crippen molar-refractivity contribution in [3.63, 3.8) is 0 Å². The predicted molar refractivity (Wildman–Crippen MR) is 68.6 cm³/mol. The van der Waals surface area contributed by atoms with Crippen LogP contribution >= 0.6 is 15.9 Å². The fraction of sp³-hybridized carbons (Fsp3) is 0.636. The second-order valence-corrected chi connectivity index (χ2v) is 5.57. The molecule has 2 N–H and O–H groups in total. The van der Waals surface area contributed by atoms with Gasteiger partial charge in [0.1, 0.15) is 16.2 Å². The van der Waals surface area contributed by atoms with Gasteiger partial charge in [0.05, 0.1) is 5.60 Å². The van der Waals surface area contributed by atoms with Crippen molar-refractivity contribution in [1.82, 2.24) is 9.97 Å². The Morgan fingerprint density at radius 3 is 2.56 bits per heavy atom. The van der Waals surface area contributed by atoms with E-state index in [1.165, 1.54) is 0 Å². The van der Waals surface area contributed by atoms with Gasteiger partial charge in [0.15, 0.2) is 0 Å². The van der Waals surface area contributed by atoms with E-state index in [0.717, 1.165) is 16.2 Å². The summed E-state index contributed by atoms with van der Waals surface area (Å²) in [5, 5.41) is 12.7. The third kappa shape index (κ3) is 4.45. The fourth-order valence-corrected chi connectivity index (χ4v) is 1.49. The molecule has 1 rings (SSSR count). The fourth-order valence-electron chi connectivity index (χ4n) is 1.09. The number of nitrogens with one attached hydrogen (secondary N) is 1. The van der Waals surface area contributed by atoms with Crippen molar-refractivity contribution in [2.24, 2.45) is 0 Å². The Balaban J connectivity index is 2.81. The minimum atomic E-state index is -0.755. The van der Waals surface area contributed by atoms with Crippen LogP contribution in [0.15, 0.2) is 10.7 Å². The molecule has 4 nitrogen and oxygen atoms in total. The topological polar surface area (TPSA) is 58.0 Å². The van der Waals surface area contributed by atoms with Crippen LogP contribution in [-0.2, 0) is 0 Å². The molecule has 1 aromatic rings. The third-order valence-corrected chi connectivity index (χ3v) is 2.34. The summed E-state index contributed by atoms with van der Waals surface area (Å²) >= 11 is 3.35. The Labute approximate surface area is 105 Å². The van der Waals surface area contributed by atoms with Crippen LogP contribution in [0, 0.1) is 0 Å². The lowest BCUT2D eigenvalue weighted by Gasteiger charge is -2.18. The highest BCUT2D eigenvalue weighted by atomic mass is 79.9. The number of nitrogens with zero attached hydrogens (tertiary/aromatic N) is 2. The first-order valence-electron chi connectivity index (χ1n) is 5.28. The lowest BCUT2D eigenvalue weighted by atomic mass is 10.1. The van der Waals surface area contributed by atoms with Crippen LogP contribution < -0.4 is 5.32 Å². The summed E-state index contributed by atoms with van der Waals surface area (Å²) < 4.78 is 0.754. The van der Waals surface area contributed by atoms with Gasteiger partial charge in [-0.2, -0.15) is 0 Å². The Kier molecular flexibility index (Phi) is 4.27. The number of halogens is 1. The molecule has 0 radical (unpaired) electrons. The number of aromatic nitrogens is 2. The van der Waals surface area contributed by atoms with Gasteiger partial charge >= 0.3 is 0 Å². The number of hydrogen-bond donors (Lipinski definition) is 2. The van der Waals surface area contributed by atoms with Gasteiger partial charge in [-0.3, -0.25) is 0 Å². The molecule has 0 fully saturated rings. The maximum absolute atomic E-state index is 9.61. The summed E-state index contributed by atoms with van der Waals surface area (Å²) in [6, 6.07) is 1.80. The van der Waals surface area contributed by atoms with Gasteiger partial charge < -0.3 is 10.4 Å². The maximum Gasteiger partial charge on any atom is 0.134 e. The maximum atomic E-state index is 9.61. The second-order valence-electron chi connectivity index (χ2n) is 4.75. The van der Waals surface area contributed by atoms with E-state index in [-0.39, 0.29) is 5.92 Å². The van der Waals surface area contributed by atoms with Gasteiger partial charge in [-0.05, 0) is 29.8 Å². The molecule has 1 aromatic heterocycles. The molecule has 0 unspecified atom stereocenters. The van der Waals surface area contributed by atoms with Gasteiger partial charge in [-0.1, -0.05) is 13.8 Å². The van der Waals surface area contributed by atoms with Crippen LogP contribution in [0.4, 0.5) is 5.82 Å². The number of aliphatic hydroxyl groups is 1. The van der Waals surface area contributed by atoms with Crippen LogP contribution in [0.2, 0.25) is 0 Å². The monoisotopic (exact) mass is 287 g/mol. The smallest absolute Gasteiger partial charge is 0.134 e. The van der Waals surface area contributed by atoms with Crippen LogP contribution in [0.1, 0.15) is 39.4 Å². The standard InChI is InChI=1S/C11H18BrN3O/c1-7(2)10-14-8(12)5-9(15-10)13-6-11(3,4)16/h5,7,16H,6H2,1-4H3,(H,13,14,15). The van der Waals surface area contributed by atoms with Crippen molar-refractivity contribution < 1.29 is 5.11 Å². The zero-order chi connectivity index (χ0) is 12.3. The molecule has 90 valence electrons. The minimum Gasteiger partial charge on any atom is -0.389 e. The van der Waals surface area contributed by atoms with Gasteiger partial charge in [-0.15, -0.1) is 0 Å². The molecule has 0 bridgehead atoms. The summed E-state index contributed by atoms with van der Waals surface area (Å²) in [4.78, 5) is 8.65. The SMILES string of the molecule is CC(C)c1nc(Br)cc(NCC(C)(C)O)n1. The molecule has 0 saturated carbocycles. The van der Waals surface area contributed by atoms with E-state index >= 15 is 0 Å². The summed E-state index contributed by atoms with van der Waals surface area (Å²) in [6.07, 6.45) is 0. The van der Waals surface area contributed by atoms with Crippen molar-refractivity contribution >= 4 is 21.7 Å². The Morgan fingerprint density at radius 2 is 2.06 bits per heavy atom. The first-order chi connectivity index (χ1) is 7.28. The average Bonchev–Trinajstić information content (AvgIpc) is 2.13. The van der Waals surface area contributed by atoms with E-state index < -0.39 is 5.60 Å². The molecule has 0 aromatic carbocycles. The molecule has 0 saturated heterocycles. The quantitative estimate of drug-likeness (QED) is 0.836. The highest BCUT2D eigenvalue weighted by Gasteiger charge is 2.13. The Bertz CT molecular complexity index is 361. The molecular weight excluding hydrogens is 270 g/mol. The summed E-state index contributed by atoms with van der Waals surface area (Å²) in [5.41, 5.74) is -0.755. The van der Waals surface area contributed by atoms with E-state index in [1.54, 1.807) is 19.9 Å². The van der Waals surface area contributed by atoms with E-state index in [0.29, 0.717) is 6.54 Å². The normalized spacial score (nSPS) is 11.9. The zero-order valence-electron chi connectivity index (χ0n) is 10.1. The van der Waals surface area contributed by atoms with Crippen molar-refractivity contribution in [1.29, 1.82) is 0 Å². The number of anilines is 1. The molecule has 16 heavy (non-hydrogen) atoms. The predicted octanol–water partition coefficient (Wildman–Crippen LogP) is 2.55. The first kappa shape index (κ1) is 13.4. The first-order valence-corrected chi connectivity index (χ1v) is 6.08. The van der Waals surface area contributed by atoms with Gasteiger partial charge in [0.25, 0.3) is 0 Å². The van der Waals surface area contributed by atoms with Gasteiger partial charge in [-0.25, -0.2) is 9.97 Å². The Morgan fingerprint density at radius 1 is 1.44 bits per heavy atom. The van der Waals surface area contributed by atoms with Crippen molar-refractivity contribution in [2.75, 3.05) is 11.9 Å². The molecule has 0 aliphatic heterocycles. The highest BCUT2D eigenvalue weighted by Crippen LogP contribution is 2.17. The molecule has 0 aliphatic carbocycles. The largest absolute Gasteiger partial charge is 0.389 e. The number of hydrogen-bond acceptors (Lipinski definition) is 4. The highest BCUT2D eigenvalue weighted by molar-refractivity contribution is 9.10. The number of rotatable bonds is 4. The minimum absolute atomic E-state index is 0.278. The van der Waals surface area contributed by atoms with Crippen LogP contribution in [-0.4, -0.2) is 27.2 Å². The van der Waals surface area contributed by atoms with E-state index in [9.17, 15) is 5.11 Å². The van der Waals surface area contributed by atoms with Crippen molar-refractivity contribution in [3.8, 4) is 0 Å². The Hall–Kier alpha value is -0.680. The van der Waals surface area contributed by atoms with Crippen LogP contribution in [0.3, 0.4) is 0 Å². The third-order valence-electron chi connectivity index (χ3n) is 1.93. The van der Waals surface area contributed by atoms with Crippen LogP contribution in [0.5, 0.6) is 0 Å².